The van der Waals surface area contributed by atoms with E-state index in [1.165, 1.54) is 0 Å². The predicted molar refractivity (Wildman–Crippen MR) is 30.2 cm³/mol. The molecule has 0 unspecified atom stereocenters. The molecule has 0 bridgehead atoms. The van der Waals surface area contributed by atoms with Gasteiger partial charge in [0.05, 0.1) is 5.70 Å². The molecule has 0 aliphatic rings. The minimum Gasteiger partial charge on any atom is -0.397 e. The maximum Gasteiger partial charge on any atom is 0.268 e. The summed E-state index contributed by atoms with van der Waals surface area (Å²) in [4.78, 5) is 10.00. The molecule has 44 valence electrons. The lowest BCUT2D eigenvalue weighted by Crippen LogP contribution is -2.26. The molecular weight excluding hydrogens is 106 g/mol. The van der Waals surface area contributed by atoms with Crippen LogP contribution in [0.3, 0.4) is 0 Å². The van der Waals surface area contributed by atoms with Crippen molar-refractivity contribution < 1.29 is 4.79 Å². The monoisotopic (exact) mass is 113 g/mol. The molecule has 4 nitrogen and oxygen atoms in total. The summed E-state index contributed by atoms with van der Waals surface area (Å²) in [7, 11) is 0. The summed E-state index contributed by atoms with van der Waals surface area (Å²) in [6.45, 7) is 3.13. The zero-order chi connectivity index (χ0) is 6.73. The standard InChI is InChI=1S/C4H7N3O/c1-2(5)3(6)4(7)8/h6H,1,5H2,(H2,7,8). The summed E-state index contributed by atoms with van der Waals surface area (Å²) in [6.07, 6.45) is 0. The van der Waals surface area contributed by atoms with E-state index in [0.29, 0.717) is 0 Å². The van der Waals surface area contributed by atoms with Gasteiger partial charge >= 0.3 is 0 Å². The topological polar surface area (TPSA) is 93.0 Å². The quantitative estimate of drug-likeness (QED) is 0.399. The molecule has 0 fully saturated rings. The van der Waals surface area contributed by atoms with E-state index in [4.69, 9.17) is 11.1 Å². The Morgan fingerprint density at radius 3 is 1.88 bits per heavy atom. The average molecular weight is 113 g/mol. The number of nitrogens with two attached hydrogens (primary N) is 2. The van der Waals surface area contributed by atoms with Gasteiger partial charge in [0.15, 0.2) is 0 Å². The third kappa shape index (κ3) is 1.42. The molecule has 0 aromatic heterocycles. The van der Waals surface area contributed by atoms with Crippen molar-refractivity contribution >= 4 is 11.6 Å². The van der Waals surface area contributed by atoms with Crippen molar-refractivity contribution in [2.45, 2.75) is 0 Å². The number of rotatable bonds is 2. The number of hydrogen-bond donors (Lipinski definition) is 3. The first-order valence-corrected chi connectivity index (χ1v) is 1.89. The van der Waals surface area contributed by atoms with Gasteiger partial charge in [-0.05, 0) is 0 Å². The Balaban J connectivity index is 4.05. The van der Waals surface area contributed by atoms with Crippen LogP contribution in [0, 0.1) is 5.41 Å². The summed E-state index contributed by atoms with van der Waals surface area (Å²) < 4.78 is 0. The van der Waals surface area contributed by atoms with Crippen LogP contribution in [0.4, 0.5) is 0 Å². The van der Waals surface area contributed by atoms with Crippen LogP contribution in [-0.2, 0) is 4.79 Å². The van der Waals surface area contributed by atoms with Gasteiger partial charge in [-0.15, -0.1) is 0 Å². The Morgan fingerprint density at radius 2 is 1.88 bits per heavy atom. The molecule has 0 atom stereocenters. The molecule has 0 aromatic rings. The highest BCUT2D eigenvalue weighted by Crippen LogP contribution is 1.77. The van der Waals surface area contributed by atoms with Crippen LogP contribution in [0.2, 0.25) is 0 Å². The third-order valence-electron chi connectivity index (χ3n) is 0.568. The van der Waals surface area contributed by atoms with Crippen LogP contribution in [0.1, 0.15) is 0 Å². The van der Waals surface area contributed by atoms with Gasteiger partial charge in [-0.2, -0.15) is 0 Å². The Kier molecular flexibility index (Phi) is 1.76. The number of carbonyl (C=O) groups is 1. The fraction of sp³-hybridized carbons (Fsp3) is 0. The van der Waals surface area contributed by atoms with Crippen molar-refractivity contribution in [2.24, 2.45) is 11.5 Å². The van der Waals surface area contributed by atoms with Gasteiger partial charge < -0.3 is 11.5 Å². The first-order chi connectivity index (χ1) is 3.55. The number of primary amides is 1. The van der Waals surface area contributed by atoms with Crippen LogP contribution in [0.25, 0.3) is 0 Å². The van der Waals surface area contributed by atoms with Crippen LogP contribution < -0.4 is 11.5 Å². The van der Waals surface area contributed by atoms with Crippen molar-refractivity contribution in [1.82, 2.24) is 0 Å². The van der Waals surface area contributed by atoms with Gasteiger partial charge in [0.25, 0.3) is 5.91 Å². The smallest absolute Gasteiger partial charge is 0.268 e. The molecule has 0 aromatic carbocycles. The van der Waals surface area contributed by atoms with Crippen molar-refractivity contribution in [2.75, 3.05) is 0 Å². The maximum atomic E-state index is 10.00. The molecule has 8 heavy (non-hydrogen) atoms. The van der Waals surface area contributed by atoms with Crippen molar-refractivity contribution in [3.05, 3.63) is 12.3 Å². The lowest BCUT2D eigenvalue weighted by Gasteiger charge is -1.92. The van der Waals surface area contributed by atoms with Crippen LogP contribution >= 0.6 is 0 Å². The van der Waals surface area contributed by atoms with E-state index < -0.39 is 11.6 Å². The molecule has 0 radical (unpaired) electrons. The Morgan fingerprint density at radius 1 is 1.50 bits per heavy atom. The SMILES string of the molecule is C=C(N)C(=N)C(N)=O. The zero-order valence-corrected chi connectivity index (χ0v) is 4.27. The second-order valence-corrected chi connectivity index (χ2v) is 1.26. The summed E-state index contributed by atoms with van der Waals surface area (Å²) in [6, 6.07) is 0. The van der Waals surface area contributed by atoms with Gasteiger partial charge in [0.1, 0.15) is 5.71 Å². The van der Waals surface area contributed by atoms with E-state index in [1.807, 2.05) is 0 Å². The molecule has 0 heterocycles. The Labute approximate surface area is 46.7 Å². The molecule has 0 rings (SSSR count). The van der Waals surface area contributed by atoms with E-state index in [-0.39, 0.29) is 5.70 Å². The predicted octanol–water partition coefficient (Wildman–Crippen LogP) is -1.04. The molecule has 4 heteroatoms. The largest absolute Gasteiger partial charge is 0.397 e. The van der Waals surface area contributed by atoms with Crippen molar-refractivity contribution in [1.29, 1.82) is 5.41 Å². The Bertz CT molecular complexity index is 133. The van der Waals surface area contributed by atoms with Crippen LogP contribution in [0.5, 0.6) is 0 Å². The van der Waals surface area contributed by atoms with E-state index >= 15 is 0 Å². The summed E-state index contributed by atoms with van der Waals surface area (Å²) in [5.41, 5.74) is 9.02. The van der Waals surface area contributed by atoms with Gasteiger partial charge in [-0.25, -0.2) is 0 Å². The Hall–Kier alpha value is -1.32. The molecule has 5 N–H and O–H groups in total. The van der Waals surface area contributed by atoms with Gasteiger partial charge in [0.2, 0.25) is 0 Å². The van der Waals surface area contributed by atoms with Gasteiger partial charge in [-0.1, -0.05) is 6.58 Å². The second-order valence-electron chi connectivity index (χ2n) is 1.26. The van der Waals surface area contributed by atoms with Crippen LogP contribution in [-0.4, -0.2) is 11.6 Å². The molecule has 0 aliphatic heterocycles. The maximum absolute atomic E-state index is 10.00. The highest BCUT2D eigenvalue weighted by molar-refractivity contribution is 6.43. The van der Waals surface area contributed by atoms with E-state index in [2.05, 4.69) is 12.3 Å². The number of nitrogens with one attached hydrogen (secondary N) is 1. The minimum absolute atomic E-state index is 0.0995. The van der Waals surface area contributed by atoms with Crippen molar-refractivity contribution in [3.63, 3.8) is 0 Å². The van der Waals surface area contributed by atoms with Gasteiger partial charge in [-0.3, -0.25) is 10.2 Å². The second kappa shape index (κ2) is 2.11. The summed E-state index contributed by atoms with van der Waals surface area (Å²) >= 11 is 0. The molecule has 0 saturated carbocycles. The fourth-order valence-electron chi connectivity index (χ4n) is 0.158. The van der Waals surface area contributed by atoms with Gasteiger partial charge in [0, 0.05) is 0 Å². The molecule has 0 aliphatic carbocycles. The molecular formula is C4H7N3O. The molecule has 0 saturated heterocycles. The van der Waals surface area contributed by atoms with Crippen molar-refractivity contribution in [3.8, 4) is 0 Å². The number of amides is 1. The normalized spacial score (nSPS) is 8.00. The average Bonchev–Trinajstić information content (AvgIpc) is 1.64. The van der Waals surface area contributed by atoms with E-state index in [9.17, 15) is 4.79 Å². The van der Waals surface area contributed by atoms with E-state index in [1.54, 1.807) is 0 Å². The minimum atomic E-state index is -0.850. The highest BCUT2D eigenvalue weighted by atomic mass is 16.1. The summed E-state index contributed by atoms with van der Waals surface area (Å²) in [5.74, 6) is -0.850. The number of carbonyl (C=O) groups excluding carboxylic acids is 1. The zero-order valence-electron chi connectivity index (χ0n) is 4.27. The number of hydrogen-bond acceptors (Lipinski definition) is 3. The third-order valence-corrected chi connectivity index (χ3v) is 0.568. The van der Waals surface area contributed by atoms with E-state index in [0.717, 1.165) is 0 Å². The molecule has 1 amide bonds. The first kappa shape index (κ1) is 6.68. The lowest BCUT2D eigenvalue weighted by atomic mass is 10.3. The highest BCUT2D eigenvalue weighted by Gasteiger charge is 2.02. The first-order valence-electron chi connectivity index (χ1n) is 1.89. The summed E-state index contributed by atoms with van der Waals surface area (Å²) in [5, 5.41) is 6.70. The molecule has 0 spiro atoms. The lowest BCUT2D eigenvalue weighted by molar-refractivity contribution is -0.112. The fourth-order valence-corrected chi connectivity index (χ4v) is 0.158. The van der Waals surface area contributed by atoms with Crippen LogP contribution in [0.15, 0.2) is 12.3 Å².